The lowest BCUT2D eigenvalue weighted by molar-refractivity contribution is -0.117. The van der Waals surface area contributed by atoms with E-state index in [9.17, 15) is 4.79 Å². The minimum Gasteiger partial charge on any atom is -0.315 e. The van der Waals surface area contributed by atoms with Gasteiger partial charge in [0.2, 0.25) is 5.91 Å². The molecule has 1 atom stereocenters. The third-order valence-corrected chi connectivity index (χ3v) is 4.89. The predicted octanol–water partition coefficient (Wildman–Crippen LogP) is 4.19. The van der Waals surface area contributed by atoms with Gasteiger partial charge in [0.1, 0.15) is 0 Å². The van der Waals surface area contributed by atoms with Gasteiger partial charge in [0.05, 0.1) is 6.42 Å². The van der Waals surface area contributed by atoms with Crippen LogP contribution in [0, 0.1) is 6.92 Å². The second-order valence-corrected chi connectivity index (χ2v) is 6.78. The molecule has 1 unspecified atom stereocenters. The van der Waals surface area contributed by atoms with Crippen molar-refractivity contribution >= 4 is 27.5 Å². The van der Waals surface area contributed by atoms with Crippen LogP contribution >= 0.6 is 15.9 Å². The normalized spacial score (nSPS) is 15.2. The van der Waals surface area contributed by atoms with Gasteiger partial charge in [-0.1, -0.05) is 57.9 Å². The number of benzene rings is 2. The Morgan fingerprint density at radius 1 is 1.24 bits per heavy atom. The van der Waals surface area contributed by atoms with Crippen LogP contribution in [0.5, 0.6) is 0 Å². The molecule has 0 saturated heterocycles. The maximum absolute atomic E-state index is 11.8. The standard InChI is InChI=1S/C18H18BrNO/c1-12-4-3-5-13(8-12)9-16(19)14-6-7-17-15(10-14)11-18(21)20(17)2/h3-8,10,16H,9,11H2,1-2H3. The highest BCUT2D eigenvalue weighted by atomic mass is 79.9. The number of nitrogens with zero attached hydrogens (tertiary/aromatic N) is 1. The Labute approximate surface area is 133 Å². The number of anilines is 1. The van der Waals surface area contributed by atoms with Gasteiger partial charge in [-0.15, -0.1) is 0 Å². The van der Waals surface area contributed by atoms with E-state index in [2.05, 4.69) is 65.3 Å². The van der Waals surface area contributed by atoms with Crippen LogP contribution in [0.25, 0.3) is 0 Å². The summed E-state index contributed by atoms with van der Waals surface area (Å²) in [5, 5.41) is 0. The molecule has 1 aliphatic rings. The molecule has 2 aromatic rings. The monoisotopic (exact) mass is 343 g/mol. The fourth-order valence-corrected chi connectivity index (χ4v) is 3.51. The molecule has 2 aromatic carbocycles. The molecule has 0 bridgehead atoms. The first-order chi connectivity index (χ1) is 10.0. The molecule has 21 heavy (non-hydrogen) atoms. The van der Waals surface area contributed by atoms with Gasteiger partial charge >= 0.3 is 0 Å². The van der Waals surface area contributed by atoms with Crippen molar-refractivity contribution in [2.45, 2.75) is 24.6 Å². The number of alkyl halides is 1. The number of amides is 1. The SMILES string of the molecule is Cc1cccc(CC(Br)c2ccc3c(c2)CC(=O)N3C)c1. The van der Waals surface area contributed by atoms with Crippen LogP contribution in [-0.2, 0) is 17.6 Å². The van der Waals surface area contributed by atoms with Crippen molar-refractivity contribution < 1.29 is 4.79 Å². The summed E-state index contributed by atoms with van der Waals surface area (Å²) in [5.74, 6) is 0.173. The highest BCUT2D eigenvalue weighted by Gasteiger charge is 2.24. The molecule has 0 fully saturated rings. The zero-order valence-corrected chi connectivity index (χ0v) is 13.9. The molecular formula is C18H18BrNO. The van der Waals surface area contributed by atoms with Crippen molar-refractivity contribution in [1.29, 1.82) is 0 Å². The van der Waals surface area contributed by atoms with Crippen molar-refractivity contribution in [2.24, 2.45) is 0 Å². The van der Waals surface area contributed by atoms with Crippen LogP contribution < -0.4 is 4.90 Å². The number of carbonyl (C=O) groups is 1. The Morgan fingerprint density at radius 2 is 2.05 bits per heavy atom. The van der Waals surface area contributed by atoms with Crippen LogP contribution in [0.4, 0.5) is 5.69 Å². The Balaban J connectivity index is 1.81. The summed E-state index contributed by atoms with van der Waals surface area (Å²) in [7, 11) is 1.84. The average molecular weight is 344 g/mol. The molecule has 3 heteroatoms. The minimum atomic E-state index is 0.173. The summed E-state index contributed by atoms with van der Waals surface area (Å²) in [6.45, 7) is 2.11. The van der Waals surface area contributed by atoms with E-state index in [0.717, 1.165) is 17.7 Å². The number of halogens is 1. The molecule has 0 radical (unpaired) electrons. The van der Waals surface area contributed by atoms with Gasteiger partial charge in [0, 0.05) is 17.6 Å². The fraction of sp³-hybridized carbons (Fsp3) is 0.278. The van der Waals surface area contributed by atoms with Crippen LogP contribution in [-0.4, -0.2) is 13.0 Å². The lowest BCUT2D eigenvalue weighted by Crippen LogP contribution is -2.20. The van der Waals surface area contributed by atoms with E-state index in [-0.39, 0.29) is 10.7 Å². The number of rotatable bonds is 3. The van der Waals surface area contributed by atoms with Crippen molar-refractivity contribution in [3.63, 3.8) is 0 Å². The van der Waals surface area contributed by atoms with E-state index < -0.39 is 0 Å². The number of fused-ring (bicyclic) bond motifs is 1. The van der Waals surface area contributed by atoms with Gasteiger partial charge in [-0.2, -0.15) is 0 Å². The van der Waals surface area contributed by atoms with Gasteiger partial charge in [-0.05, 0) is 36.1 Å². The van der Waals surface area contributed by atoms with E-state index in [1.165, 1.54) is 16.7 Å². The van der Waals surface area contributed by atoms with E-state index in [1.54, 1.807) is 4.90 Å². The highest BCUT2D eigenvalue weighted by molar-refractivity contribution is 9.09. The molecule has 1 heterocycles. The summed E-state index contributed by atoms with van der Waals surface area (Å²) >= 11 is 3.79. The molecule has 1 aliphatic heterocycles. The van der Waals surface area contributed by atoms with Crippen molar-refractivity contribution in [3.05, 3.63) is 64.7 Å². The number of likely N-dealkylation sites (N-methyl/N-ethyl adjacent to an activating group) is 1. The molecule has 0 saturated carbocycles. The first-order valence-electron chi connectivity index (χ1n) is 7.13. The zero-order valence-electron chi connectivity index (χ0n) is 12.3. The van der Waals surface area contributed by atoms with Gasteiger partial charge in [-0.25, -0.2) is 0 Å². The molecular weight excluding hydrogens is 326 g/mol. The predicted molar refractivity (Wildman–Crippen MR) is 90.1 cm³/mol. The van der Waals surface area contributed by atoms with Gasteiger partial charge in [0.15, 0.2) is 0 Å². The highest BCUT2D eigenvalue weighted by Crippen LogP contribution is 2.34. The Hall–Kier alpha value is -1.61. The third kappa shape index (κ3) is 2.88. The molecule has 0 aromatic heterocycles. The number of hydrogen-bond donors (Lipinski definition) is 0. The van der Waals surface area contributed by atoms with Gasteiger partial charge in [0.25, 0.3) is 0 Å². The van der Waals surface area contributed by atoms with E-state index in [4.69, 9.17) is 0 Å². The Morgan fingerprint density at radius 3 is 2.81 bits per heavy atom. The van der Waals surface area contributed by atoms with Crippen molar-refractivity contribution in [3.8, 4) is 0 Å². The quantitative estimate of drug-likeness (QED) is 0.765. The lowest BCUT2D eigenvalue weighted by Gasteiger charge is -2.14. The topological polar surface area (TPSA) is 20.3 Å². The van der Waals surface area contributed by atoms with Crippen LogP contribution in [0.3, 0.4) is 0 Å². The third-order valence-electron chi connectivity index (χ3n) is 4.04. The van der Waals surface area contributed by atoms with Crippen LogP contribution in [0.1, 0.15) is 27.1 Å². The summed E-state index contributed by atoms with van der Waals surface area (Å²) < 4.78 is 0. The van der Waals surface area contributed by atoms with E-state index >= 15 is 0 Å². The summed E-state index contributed by atoms with van der Waals surface area (Å²) in [6, 6.07) is 14.9. The average Bonchev–Trinajstić information content (AvgIpc) is 2.73. The lowest BCUT2D eigenvalue weighted by atomic mass is 10.0. The van der Waals surface area contributed by atoms with Crippen molar-refractivity contribution in [2.75, 3.05) is 11.9 Å². The largest absolute Gasteiger partial charge is 0.315 e. The van der Waals surface area contributed by atoms with E-state index in [0.29, 0.717) is 6.42 Å². The number of carbonyl (C=O) groups excluding carboxylic acids is 1. The Kier molecular flexibility index (Phi) is 3.85. The van der Waals surface area contributed by atoms with Crippen molar-refractivity contribution in [1.82, 2.24) is 0 Å². The summed E-state index contributed by atoms with van der Waals surface area (Å²) in [4.78, 5) is 13.8. The molecule has 0 N–H and O–H groups in total. The summed E-state index contributed by atoms with van der Waals surface area (Å²) in [5.41, 5.74) is 6.02. The minimum absolute atomic E-state index is 0.173. The maximum Gasteiger partial charge on any atom is 0.231 e. The maximum atomic E-state index is 11.8. The van der Waals surface area contributed by atoms with Crippen LogP contribution in [0.15, 0.2) is 42.5 Å². The molecule has 0 spiro atoms. The van der Waals surface area contributed by atoms with Gasteiger partial charge in [-0.3, -0.25) is 4.79 Å². The number of hydrogen-bond acceptors (Lipinski definition) is 1. The first kappa shape index (κ1) is 14.3. The molecule has 2 nitrogen and oxygen atoms in total. The first-order valence-corrected chi connectivity index (χ1v) is 8.05. The smallest absolute Gasteiger partial charge is 0.231 e. The number of aryl methyl sites for hydroxylation is 1. The second-order valence-electron chi connectivity index (χ2n) is 5.68. The summed E-state index contributed by atoms with van der Waals surface area (Å²) in [6.07, 6.45) is 1.47. The molecule has 0 aliphatic carbocycles. The molecule has 3 rings (SSSR count). The zero-order chi connectivity index (χ0) is 15.0. The Bertz CT molecular complexity index is 695. The fourth-order valence-electron chi connectivity index (χ4n) is 2.85. The second kappa shape index (κ2) is 5.64. The molecule has 108 valence electrons. The van der Waals surface area contributed by atoms with E-state index in [1.807, 2.05) is 7.05 Å². The molecule has 1 amide bonds. The van der Waals surface area contributed by atoms with Gasteiger partial charge < -0.3 is 4.90 Å². The van der Waals surface area contributed by atoms with Crippen LogP contribution in [0.2, 0.25) is 0 Å².